The van der Waals surface area contributed by atoms with E-state index in [9.17, 15) is 9.59 Å². The fraction of sp³-hybridized carbons (Fsp3) is 0.524. The molecule has 0 heterocycles. The van der Waals surface area contributed by atoms with E-state index in [2.05, 4.69) is 21.1 Å². The third-order valence-electron chi connectivity index (χ3n) is 3.38. The van der Waals surface area contributed by atoms with Crippen LogP contribution < -0.4 is 0 Å². The Hall–Kier alpha value is -2.14. The zero-order valence-electron chi connectivity index (χ0n) is 16.9. The van der Waals surface area contributed by atoms with Crippen LogP contribution in [0.3, 0.4) is 0 Å². The molecular weight excluding hydrogens is 330 g/mol. The first-order chi connectivity index (χ1) is 12.0. The number of carbonyl (C=O) groups is 2. The fourth-order valence-electron chi connectivity index (χ4n) is 2.24. The van der Waals surface area contributed by atoms with Crippen LogP contribution in [-0.2, 0) is 20.7 Å². The summed E-state index contributed by atoms with van der Waals surface area (Å²) in [5.41, 5.74) is 0.959. The molecule has 0 bridgehead atoms. The van der Waals surface area contributed by atoms with Gasteiger partial charge in [-0.3, -0.25) is 0 Å². The predicted octanol–water partition coefficient (Wildman–Crippen LogP) is 3.38. The van der Waals surface area contributed by atoms with Gasteiger partial charge in [-0.2, -0.15) is 0 Å². The lowest BCUT2D eigenvalue weighted by Crippen LogP contribution is -2.35. The lowest BCUT2D eigenvalue weighted by Gasteiger charge is -2.23. The van der Waals surface area contributed by atoms with E-state index in [0.29, 0.717) is 18.6 Å². The molecule has 0 aliphatic carbocycles. The van der Waals surface area contributed by atoms with Crippen molar-refractivity contribution >= 4 is 11.9 Å². The predicted molar refractivity (Wildman–Crippen MR) is 103 cm³/mol. The zero-order chi connectivity index (χ0) is 19.8. The summed E-state index contributed by atoms with van der Waals surface area (Å²) in [5.74, 6) is -0.685. The molecule has 1 aromatic rings. The quantitative estimate of drug-likeness (QED) is 0.308. The van der Waals surface area contributed by atoms with Gasteiger partial charge in [0.1, 0.15) is 5.60 Å². The van der Waals surface area contributed by atoms with Crippen LogP contribution in [0.2, 0.25) is 0 Å². The summed E-state index contributed by atoms with van der Waals surface area (Å²) in [6.45, 7) is 6.84. The SMILES string of the molecule is CC(C)(C)OC(=O)C=CCc1cccc(C(=O)OCCC[N+](C)(C)C)c1. The summed E-state index contributed by atoms with van der Waals surface area (Å²) in [7, 11) is 6.32. The van der Waals surface area contributed by atoms with E-state index < -0.39 is 5.60 Å². The highest BCUT2D eigenvalue weighted by Gasteiger charge is 2.14. The maximum absolute atomic E-state index is 12.1. The number of ether oxygens (including phenoxy) is 2. The van der Waals surface area contributed by atoms with Gasteiger partial charge in [-0.25, -0.2) is 9.59 Å². The Labute approximate surface area is 157 Å². The number of allylic oxidation sites excluding steroid dienone is 1. The molecule has 0 saturated carbocycles. The largest absolute Gasteiger partial charge is 0.462 e. The van der Waals surface area contributed by atoms with Crippen LogP contribution in [0, 0.1) is 0 Å². The van der Waals surface area contributed by atoms with Gasteiger partial charge in [-0.1, -0.05) is 18.2 Å². The molecule has 1 aromatic carbocycles. The second kappa shape index (κ2) is 9.53. The van der Waals surface area contributed by atoms with Crippen molar-refractivity contribution in [2.45, 2.75) is 39.2 Å². The Morgan fingerprint density at radius 1 is 1.15 bits per heavy atom. The number of hydrogen-bond donors (Lipinski definition) is 0. The molecule has 0 spiro atoms. The first kappa shape index (κ1) is 21.9. The van der Waals surface area contributed by atoms with Crippen LogP contribution in [0.5, 0.6) is 0 Å². The maximum atomic E-state index is 12.1. The summed E-state index contributed by atoms with van der Waals surface area (Å²) >= 11 is 0. The van der Waals surface area contributed by atoms with Crippen LogP contribution in [0.15, 0.2) is 36.4 Å². The zero-order valence-corrected chi connectivity index (χ0v) is 16.9. The van der Waals surface area contributed by atoms with Crippen molar-refractivity contribution in [2.24, 2.45) is 0 Å². The minimum atomic E-state index is -0.503. The number of rotatable bonds is 8. The molecule has 0 radical (unpaired) electrons. The van der Waals surface area contributed by atoms with Crippen molar-refractivity contribution in [3.63, 3.8) is 0 Å². The molecule has 26 heavy (non-hydrogen) atoms. The highest BCUT2D eigenvalue weighted by atomic mass is 16.6. The molecule has 0 aromatic heterocycles. The molecule has 0 N–H and O–H groups in total. The lowest BCUT2D eigenvalue weighted by molar-refractivity contribution is -0.870. The molecular formula is C21H32NO4+. The summed E-state index contributed by atoms with van der Waals surface area (Å²) in [5, 5.41) is 0. The molecule has 1 rings (SSSR count). The van der Waals surface area contributed by atoms with Crippen molar-refractivity contribution in [1.29, 1.82) is 0 Å². The third kappa shape index (κ3) is 9.99. The van der Waals surface area contributed by atoms with Gasteiger partial charge in [0, 0.05) is 12.5 Å². The smallest absolute Gasteiger partial charge is 0.338 e. The van der Waals surface area contributed by atoms with E-state index in [-0.39, 0.29) is 11.9 Å². The van der Waals surface area contributed by atoms with Crippen molar-refractivity contribution in [3.05, 3.63) is 47.5 Å². The molecule has 0 fully saturated rings. The Kier molecular flexibility index (Phi) is 8.03. The molecule has 0 saturated heterocycles. The van der Waals surface area contributed by atoms with Crippen LogP contribution in [0.1, 0.15) is 43.1 Å². The minimum absolute atomic E-state index is 0.315. The van der Waals surface area contributed by atoms with Gasteiger partial charge in [0.25, 0.3) is 0 Å². The van der Waals surface area contributed by atoms with E-state index in [1.165, 1.54) is 6.08 Å². The first-order valence-electron chi connectivity index (χ1n) is 8.92. The molecule has 5 heteroatoms. The highest BCUT2D eigenvalue weighted by Crippen LogP contribution is 2.10. The van der Waals surface area contributed by atoms with Crippen LogP contribution >= 0.6 is 0 Å². The molecule has 0 unspecified atom stereocenters. The molecule has 0 amide bonds. The van der Waals surface area contributed by atoms with Gasteiger partial charge in [0.2, 0.25) is 0 Å². The topological polar surface area (TPSA) is 52.6 Å². The Morgan fingerprint density at radius 2 is 1.85 bits per heavy atom. The number of carbonyl (C=O) groups excluding carboxylic acids is 2. The molecule has 0 aliphatic rings. The number of esters is 2. The van der Waals surface area contributed by atoms with Crippen LogP contribution in [-0.4, -0.2) is 56.3 Å². The van der Waals surface area contributed by atoms with Gasteiger partial charge in [0.05, 0.1) is 39.9 Å². The van der Waals surface area contributed by atoms with E-state index in [0.717, 1.165) is 23.0 Å². The maximum Gasteiger partial charge on any atom is 0.338 e. The van der Waals surface area contributed by atoms with Gasteiger partial charge >= 0.3 is 11.9 Å². The van der Waals surface area contributed by atoms with Gasteiger partial charge in [0.15, 0.2) is 0 Å². The van der Waals surface area contributed by atoms with E-state index in [1.807, 2.05) is 32.9 Å². The lowest BCUT2D eigenvalue weighted by atomic mass is 10.1. The molecule has 144 valence electrons. The first-order valence-corrected chi connectivity index (χ1v) is 8.92. The number of quaternary nitrogens is 1. The number of nitrogens with zero attached hydrogens (tertiary/aromatic N) is 1. The number of benzene rings is 1. The van der Waals surface area contributed by atoms with E-state index >= 15 is 0 Å². The van der Waals surface area contributed by atoms with Crippen molar-refractivity contribution in [1.82, 2.24) is 0 Å². The van der Waals surface area contributed by atoms with Gasteiger partial charge < -0.3 is 14.0 Å². The van der Waals surface area contributed by atoms with Gasteiger partial charge in [-0.15, -0.1) is 0 Å². The number of hydrogen-bond acceptors (Lipinski definition) is 4. The highest BCUT2D eigenvalue weighted by molar-refractivity contribution is 5.89. The molecule has 0 aliphatic heterocycles. The average Bonchev–Trinajstić information content (AvgIpc) is 2.49. The van der Waals surface area contributed by atoms with Crippen molar-refractivity contribution in [2.75, 3.05) is 34.3 Å². The Balaban J connectivity index is 2.51. The second-order valence-electron chi connectivity index (χ2n) is 8.34. The minimum Gasteiger partial charge on any atom is -0.462 e. The summed E-state index contributed by atoms with van der Waals surface area (Å²) < 4.78 is 11.4. The monoisotopic (exact) mass is 362 g/mol. The standard InChI is InChI=1S/C21H32NO4/c1-21(2,3)26-19(23)13-8-11-17-10-7-12-18(16-17)20(24)25-15-9-14-22(4,5)6/h7-8,10,12-13,16H,9,11,14-15H2,1-6H3/q+1. The van der Waals surface area contributed by atoms with Crippen LogP contribution in [0.4, 0.5) is 0 Å². The molecule has 5 nitrogen and oxygen atoms in total. The summed E-state index contributed by atoms with van der Waals surface area (Å²) in [6, 6.07) is 7.26. The van der Waals surface area contributed by atoms with E-state index in [1.54, 1.807) is 18.2 Å². The Bertz CT molecular complexity index is 636. The van der Waals surface area contributed by atoms with E-state index in [4.69, 9.17) is 9.47 Å². The summed E-state index contributed by atoms with van der Waals surface area (Å²) in [4.78, 5) is 23.8. The third-order valence-corrected chi connectivity index (χ3v) is 3.38. The fourth-order valence-corrected chi connectivity index (χ4v) is 2.24. The average molecular weight is 362 g/mol. The second-order valence-corrected chi connectivity index (χ2v) is 8.34. The van der Waals surface area contributed by atoms with Gasteiger partial charge in [-0.05, 0) is 44.9 Å². The normalized spacial score (nSPS) is 12.2. The van der Waals surface area contributed by atoms with Crippen molar-refractivity contribution < 1.29 is 23.5 Å². The Morgan fingerprint density at radius 3 is 2.46 bits per heavy atom. The van der Waals surface area contributed by atoms with Crippen molar-refractivity contribution in [3.8, 4) is 0 Å². The summed E-state index contributed by atoms with van der Waals surface area (Å²) in [6.07, 6.45) is 4.52. The van der Waals surface area contributed by atoms with Crippen LogP contribution in [0.25, 0.3) is 0 Å². The molecule has 0 atom stereocenters.